The summed E-state index contributed by atoms with van der Waals surface area (Å²) >= 11 is 0. The monoisotopic (exact) mass is 304 g/mol. The predicted molar refractivity (Wildman–Crippen MR) is 101 cm³/mol. The SMILES string of the molecule is C.C.C.C=CN(C)C.C=CN(C)C(C)=O.C=C[N+](C)(C)C. The Balaban J connectivity index is -0.0000000379. The van der Waals surface area contributed by atoms with Gasteiger partial charge in [0.15, 0.2) is 0 Å². The molecule has 0 bridgehead atoms. The maximum Gasteiger partial charge on any atom is 0.223 e. The maximum atomic E-state index is 10.2. The van der Waals surface area contributed by atoms with Crippen molar-refractivity contribution in [2.45, 2.75) is 29.2 Å². The minimum Gasteiger partial charge on any atom is -0.384 e. The molecule has 0 fully saturated rings. The first-order chi connectivity index (χ1) is 8.01. The molecule has 1 amide bonds. The Hall–Kier alpha value is -1.55. The number of amides is 1. The fourth-order valence-electron chi connectivity index (χ4n) is 0.129. The largest absolute Gasteiger partial charge is 0.384 e. The number of hydrogen-bond acceptors (Lipinski definition) is 2. The lowest BCUT2D eigenvalue weighted by atomic mass is 10.6. The van der Waals surface area contributed by atoms with Crippen molar-refractivity contribution >= 4 is 5.91 Å². The molecule has 0 N–H and O–H groups in total. The molecule has 0 aromatic rings. The summed E-state index contributed by atoms with van der Waals surface area (Å²) in [5.74, 6) is 0.00926. The average Bonchev–Trinajstić information content (AvgIpc) is 2.28. The van der Waals surface area contributed by atoms with Gasteiger partial charge in [0.1, 0.15) is 0 Å². The summed E-state index contributed by atoms with van der Waals surface area (Å²) in [5, 5.41) is 0. The van der Waals surface area contributed by atoms with Crippen LogP contribution in [0.4, 0.5) is 0 Å². The van der Waals surface area contributed by atoms with Crippen molar-refractivity contribution in [3.05, 3.63) is 38.3 Å². The van der Waals surface area contributed by atoms with Crippen molar-refractivity contribution in [2.75, 3.05) is 42.3 Å². The number of rotatable bonds is 3. The maximum absolute atomic E-state index is 10.2. The summed E-state index contributed by atoms with van der Waals surface area (Å²) in [6.07, 6.45) is 5.10. The van der Waals surface area contributed by atoms with Crippen LogP contribution in [0, 0.1) is 0 Å². The van der Waals surface area contributed by atoms with E-state index >= 15 is 0 Å². The number of nitrogens with zero attached hydrogens (tertiary/aromatic N) is 3. The van der Waals surface area contributed by atoms with E-state index in [1.807, 2.05) is 25.2 Å². The molecule has 0 aliphatic carbocycles. The molecule has 0 unspecified atom stereocenters. The Labute approximate surface area is 135 Å². The van der Waals surface area contributed by atoms with Crippen molar-refractivity contribution in [2.24, 2.45) is 0 Å². The van der Waals surface area contributed by atoms with Gasteiger partial charge in [0.05, 0.1) is 27.3 Å². The van der Waals surface area contributed by atoms with Crippen molar-refractivity contribution in [3.63, 3.8) is 0 Å². The van der Waals surface area contributed by atoms with Crippen LogP contribution in [0.2, 0.25) is 0 Å². The van der Waals surface area contributed by atoms with Gasteiger partial charge in [-0.25, -0.2) is 0 Å². The number of hydrogen-bond donors (Lipinski definition) is 0. The fourth-order valence-corrected chi connectivity index (χ4v) is 0.129. The Morgan fingerprint density at radius 1 is 0.905 bits per heavy atom. The first-order valence-corrected chi connectivity index (χ1v) is 5.61. The molecule has 0 radical (unpaired) electrons. The van der Waals surface area contributed by atoms with E-state index in [0.29, 0.717) is 0 Å². The van der Waals surface area contributed by atoms with E-state index in [2.05, 4.69) is 40.9 Å². The molecule has 0 saturated heterocycles. The smallest absolute Gasteiger partial charge is 0.223 e. The molecule has 0 aromatic carbocycles. The van der Waals surface area contributed by atoms with Crippen LogP contribution < -0.4 is 0 Å². The van der Waals surface area contributed by atoms with E-state index in [4.69, 9.17) is 0 Å². The minimum absolute atomic E-state index is 0. The van der Waals surface area contributed by atoms with E-state index in [9.17, 15) is 4.79 Å². The third-order valence-corrected chi connectivity index (χ3v) is 1.68. The molecule has 0 aliphatic rings. The van der Waals surface area contributed by atoms with E-state index < -0.39 is 0 Å². The molecule has 0 saturated carbocycles. The zero-order valence-electron chi connectivity index (χ0n) is 13.1. The normalized spacial score (nSPS) is 7.38. The van der Waals surface area contributed by atoms with Crippen LogP contribution in [0.15, 0.2) is 38.3 Å². The van der Waals surface area contributed by atoms with Gasteiger partial charge in [-0.05, 0) is 19.0 Å². The number of quaternary nitrogens is 1. The minimum atomic E-state index is 0. The Morgan fingerprint density at radius 2 is 1.14 bits per heavy atom. The van der Waals surface area contributed by atoms with Crippen LogP contribution in [0.5, 0.6) is 0 Å². The third-order valence-electron chi connectivity index (χ3n) is 1.68. The molecule has 0 heterocycles. The van der Waals surface area contributed by atoms with Gasteiger partial charge in [0, 0.05) is 28.1 Å². The van der Waals surface area contributed by atoms with Crippen LogP contribution in [0.1, 0.15) is 29.2 Å². The zero-order valence-corrected chi connectivity index (χ0v) is 13.1. The molecule has 0 aliphatic heterocycles. The van der Waals surface area contributed by atoms with Crippen molar-refractivity contribution < 1.29 is 9.28 Å². The molecular formula is C17H42N3O+. The van der Waals surface area contributed by atoms with Gasteiger partial charge in [0.2, 0.25) is 5.91 Å². The van der Waals surface area contributed by atoms with Gasteiger partial charge in [-0.15, -0.1) is 0 Å². The second kappa shape index (κ2) is 20.8. The lowest BCUT2D eigenvalue weighted by Crippen LogP contribution is -2.25. The highest BCUT2D eigenvalue weighted by Crippen LogP contribution is 1.85. The summed E-state index contributed by atoms with van der Waals surface area (Å²) in [5.41, 5.74) is 0. The molecule has 130 valence electrons. The van der Waals surface area contributed by atoms with E-state index in [1.54, 1.807) is 13.2 Å². The number of carbonyl (C=O) groups excluding carboxylic acids is 1. The second-order valence-corrected chi connectivity index (χ2v) is 4.76. The Morgan fingerprint density at radius 3 is 1.14 bits per heavy atom. The summed E-state index contributed by atoms with van der Waals surface area (Å²) in [6, 6.07) is 0. The molecular weight excluding hydrogens is 262 g/mol. The van der Waals surface area contributed by atoms with Crippen molar-refractivity contribution in [3.8, 4) is 0 Å². The molecule has 4 nitrogen and oxygen atoms in total. The summed E-state index contributed by atoms with van der Waals surface area (Å²) in [4.78, 5) is 13.5. The van der Waals surface area contributed by atoms with E-state index in [-0.39, 0.29) is 28.2 Å². The van der Waals surface area contributed by atoms with Crippen molar-refractivity contribution in [1.29, 1.82) is 0 Å². The predicted octanol–water partition coefficient (Wildman–Crippen LogP) is 4.04. The van der Waals surface area contributed by atoms with Gasteiger partial charge >= 0.3 is 0 Å². The van der Waals surface area contributed by atoms with Gasteiger partial charge < -0.3 is 14.3 Å². The van der Waals surface area contributed by atoms with Crippen molar-refractivity contribution in [1.82, 2.24) is 9.80 Å². The van der Waals surface area contributed by atoms with Gasteiger partial charge in [-0.3, -0.25) is 4.79 Å². The quantitative estimate of drug-likeness (QED) is 0.735. The van der Waals surface area contributed by atoms with Crippen LogP contribution in [0.3, 0.4) is 0 Å². The van der Waals surface area contributed by atoms with E-state index in [0.717, 1.165) is 4.48 Å². The Bertz CT molecular complexity index is 253. The molecule has 21 heavy (non-hydrogen) atoms. The molecule has 0 rings (SSSR count). The van der Waals surface area contributed by atoms with E-state index in [1.165, 1.54) is 18.0 Å². The van der Waals surface area contributed by atoms with Crippen LogP contribution in [0.25, 0.3) is 0 Å². The standard InChI is InChI=1S/C5H9NO.C5H12N.C4H9N.3CH4/c1-4-6(3)5(2)7;1-5-6(2,3)4;1-4-5(2)3;;;/h4H,1H2,2-3H3;5H,1H2,2-4H3;4H,1H2,2-3H3;3*1H4/q;+1;;;;. The van der Waals surface area contributed by atoms with Crippen LogP contribution >= 0.6 is 0 Å². The average molecular weight is 305 g/mol. The fraction of sp³-hybridized carbons (Fsp3) is 0.588. The third kappa shape index (κ3) is 55.9. The topological polar surface area (TPSA) is 23.6 Å². The van der Waals surface area contributed by atoms with Crippen LogP contribution in [-0.4, -0.2) is 62.5 Å². The van der Waals surface area contributed by atoms with Gasteiger partial charge in [0.25, 0.3) is 0 Å². The molecule has 4 heteroatoms. The molecule has 0 atom stereocenters. The highest BCUT2D eigenvalue weighted by atomic mass is 16.2. The lowest BCUT2D eigenvalue weighted by molar-refractivity contribution is -0.816. The molecule has 0 aromatic heterocycles. The lowest BCUT2D eigenvalue weighted by Gasteiger charge is -2.15. The second-order valence-electron chi connectivity index (χ2n) is 4.76. The first-order valence-electron chi connectivity index (χ1n) is 5.61. The van der Waals surface area contributed by atoms with Gasteiger partial charge in [-0.1, -0.05) is 35.4 Å². The summed E-state index contributed by atoms with van der Waals surface area (Å²) < 4.78 is 0.833. The summed E-state index contributed by atoms with van der Waals surface area (Å²) in [7, 11) is 11.7. The highest BCUT2D eigenvalue weighted by Gasteiger charge is 1.94. The zero-order chi connectivity index (χ0) is 15.4. The van der Waals surface area contributed by atoms with Crippen LogP contribution in [-0.2, 0) is 4.79 Å². The highest BCUT2D eigenvalue weighted by molar-refractivity contribution is 5.73. The summed E-state index contributed by atoms with van der Waals surface area (Å²) in [6.45, 7) is 12.0. The van der Waals surface area contributed by atoms with Gasteiger partial charge in [-0.2, -0.15) is 0 Å². The Kier molecular flexibility index (Phi) is 36.2. The number of carbonyl (C=O) groups is 1. The molecule has 0 spiro atoms. The first kappa shape index (κ1) is 36.6.